The van der Waals surface area contributed by atoms with E-state index in [1.165, 1.54) is 56.1 Å². The van der Waals surface area contributed by atoms with Crippen molar-refractivity contribution >= 4 is 0 Å². The summed E-state index contributed by atoms with van der Waals surface area (Å²) in [5.74, 6) is 1.04. The standard InChI is InChI=1S/C7H14.C7H10.C7H8/c3*1-7-5-3-2-4-6-7/h7H,2-6H2,1H3;2-3,5H,4,6H2,1H3;2-6H,1H3. The summed E-state index contributed by atoms with van der Waals surface area (Å²) in [4.78, 5) is 0. The van der Waals surface area contributed by atoms with Crippen molar-refractivity contribution in [1.29, 1.82) is 0 Å². The summed E-state index contributed by atoms with van der Waals surface area (Å²) in [6.07, 6.45) is 16.4. The average Bonchev–Trinajstić information content (AvgIpc) is 2.51. The van der Waals surface area contributed by atoms with E-state index >= 15 is 0 Å². The maximum Gasteiger partial charge on any atom is -0.0285 e. The Bertz CT molecular complexity index is 405. The zero-order valence-electron chi connectivity index (χ0n) is 14.1. The first kappa shape index (κ1) is 17.8. The molecule has 0 saturated heterocycles. The minimum Gasteiger partial charge on any atom is -0.0842 e. The van der Waals surface area contributed by atoms with Gasteiger partial charge >= 0.3 is 0 Å². The Labute approximate surface area is 132 Å². The van der Waals surface area contributed by atoms with Gasteiger partial charge in [0.2, 0.25) is 0 Å². The fourth-order valence-electron chi connectivity index (χ4n) is 2.56. The minimum absolute atomic E-state index is 1.04. The van der Waals surface area contributed by atoms with Crippen molar-refractivity contribution < 1.29 is 0 Å². The lowest BCUT2D eigenvalue weighted by Crippen LogP contribution is -1.99. The normalized spacial score (nSPS) is 17.8. The van der Waals surface area contributed by atoms with Crippen molar-refractivity contribution in [2.24, 2.45) is 5.92 Å². The Morgan fingerprint density at radius 3 is 1.86 bits per heavy atom. The molecule has 2 aliphatic rings. The maximum absolute atomic E-state index is 2.36. The molecule has 21 heavy (non-hydrogen) atoms. The van der Waals surface area contributed by atoms with E-state index in [2.05, 4.69) is 51.1 Å². The zero-order valence-corrected chi connectivity index (χ0v) is 14.1. The van der Waals surface area contributed by atoms with Crippen LogP contribution < -0.4 is 0 Å². The van der Waals surface area contributed by atoms with E-state index in [0.29, 0.717) is 0 Å². The number of hydrogen-bond acceptors (Lipinski definition) is 0. The molecule has 0 amide bonds. The van der Waals surface area contributed by atoms with Gasteiger partial charge < -0.3 is 0 Å². The Morgan fingerprint density at radius 2 is 1.57 bits per heavy atom. The Hall–Kier alpha value is -1.30. The lowest BCUT2D eigenvalue weighted by Gasteiger charge is -2.15. The van der Waals surface area contributed by atoms with Crippen molar-refractivity contribution in [3.8, 4) is 0 Å². The van der Waals surface area contributed by atoms with E-state index in [1.807, 2.05) is 18.2 Å². The van der Waals surface area contributed by atoms with Crippen LogP contribution in [0.3, 0.4) is 0 Å². The van der Waals surface area contributed by atoms with Crippen LogP contribution in [0.1, 0.15) is 64.4 Å². The molecule has 0 heterocycles. The van der Waals surface area contributed by atoms with Crippen molar-refractivity contribution in [3.63, 3.8) is 0 Å². The van der Waals surface area contributed by atoms with Crippen LogP contribution in [-0.4, -0.2) is 0 Å². The highest BCUT2D eigenvalue weighted by Gasteiger charge is 2.05. The summed E-state index contributed by atoms with van der Waals surface area (Å²) >= 11 is 0. The molecule has 0 atom stereocenters. The Balaban J connectivity index is 0.000000157. The second-order valence-electron chi connectivity index (χ2n) is 6.38. The number of benzene rings is 1. The number of aryl methyl sites for hydroxylation is 1. The fraction of sp³-hybridized carbons (Fsp3) is 0.524. The fourth-order valence-corrected chi connectivity index (χ4v) is 2.56. The molecular formula is C21H32. The average molecular weight is 284 g/mol. The SMILES string of the molecule is CC1=CC=CCC1.CC1CCCCC1.Cc1ccccc1. The number of hydrogen-bond donors (Lipinski definition) is 0. The van der Waals surface area contributed by atoms with Crippen molar-refractivity contribution in [2.45, 2.75) is 65.7 Å². The van der Waals surface area contributed by atoms with Gasteiger partial charge in [0.15, 0.2) is 0 Å². The summed E-state index contributed by atoms with van der Waals surface area (Å²) in [7, 11) is 0. The summed E-state index contributed by atoms with van der Waals surface area (Å²) in [6, 6.07) is 10.3. The Morgan fingerprint density at radius 1 is 0.905 bits per heavy atom. The van der Waals surface area contributed by atoms with Gasteiger partial charge in [-0.2, -0.15) is 0 Å². The maximum atomic E-state index is 2.36. The first-order valence-electron chi connectivity index (χ1n) is 8.52. The number of allylic oxidation sites excluding steroid dienone is 4. The lowest BCUT2D eigenvalue weighted by atomic mass is 9.91. The van der Waals surface area contributed by atoms with Gasteiger partial charge in [0.05, 0.1) is 0 Å². The monoisotopic (exact) mass is 284 g/mol. The molecule has 0 unspecified atom stereocenters. The van der Waals surface area contributed by atoms with Gasteiger partial charge in [0, 0.05) is 0 Å². The first-order chi connectivity index (χ1) is 10.2. The molecule has 0 bridgehead atoms. The van der Waals surface area contributed by atoms with Gasteiger partial charge in [-0.15, -0.1) is 0 Å². The molecule has 0 nitrogen and oxygen atoms in total. The molecular weight excluding hydrogens is 252 g/mol. The lowest BCUT2D eigenvalue weighted by molar-refractivity contribution is 0.385. The van der Waals surface area contributed by atoms with Gasteiger partial charge in [0.1, 0.15) is 0 Å². The molecule has 0 aromatic heterocycles. The van der Waals surface area contributed by atoms with Gasteiger partial charge in [-0.3, -0.25) is 0 Å². The molecule has 3 rings (SSSR count). The van der Waals surface area contributed by atoms with Crippen molar-refractivity contribution in [1.82, 2.24) is 0 Å². The quantitative estimate of drug-likeness (QED) is 0.488. The number of rotatable bonds is 0. The highest BCUT2D eigenvalue weighted by molar-refractivity contribution is 5.15. The van der Waals surface area contributed by atoms with Crippen LogP contribution in [0.15, 0.2) is 54.1 Å². The molecule has 0 spiro atoms. The third-order valence-corrected chi connectivity index (χ3v) is 4.06. The third kappa shape index (κ3) is 10.1. The first-order valence-corrected chi connectivity index (χ1v) is 8.52. The van der Waals surface area contributed by atoms with E-state index in [9.17, 15) is 0 Å². The highest BCUT2D eigenvalue weighted by Crippen LogP contribution is 2.22. The molecule has 1 saturated carbocycles. The molecule has 2 aliphatic carbocycles. The zero-order chi connectivity index (χ0) is 15.3. The summed E-state index contributed by atoms with van der Waals surface area (Å²) < 4.78 is 0. The summed E-state index contributed by atoms with van der Waals surface area (Å²) in [5, 5.41) is 0. The van der Waals surface area contributed by atoms with Gasteiger partial charge in [-0.05, 0) is 32.6 Å². The van der Waals surface area contributed by atoms with Crippen LogP contribution in [0.2, 0.25) is 0 Å². The largest absolute Gasteiger partial charge is 0.0842 e. The van der Waals surface area contributed by atoms with E-state index < -0.39 is 0 Å². The van der Waals surface area contributed by atoms with Crippen molar-refractivity contribution in [2.75, 3.05) is 0 Å². The third-order valence-electron chi connectivity index (χ3n) is 4.06. The molecule has 0 N–H and O–H groups in total. The van der Waals surface area contributed by atoms with Crippen LogP contribution >= 0.6 is 0 Å². The van der Waals surface area contributed by atoms with Crippen LogP contribution in [0.25, 0.3) is 0 Å². The van der Waals surface area contributed by atoms with E-state index in [4.69, 9.17) is 0 Å². The smallest absolute Gasteiger partial charge is 0.0285 e. The molecule has 0 aliphatic heterocycles. The van der Waals surface area contributed by atoms with Gasteiger partial charge in [-0.1, -0.05) is 98.7 Å². The Kier molecular flexibility index (Phi) is 9.61. The van der Waals surface area contributed by atoms with Crippen LogP contribution in [0.4, 0.5) is 0 Å². The molecule has 0 radical (unpaired) electrons. The highest BCUT2D eigenvalue weighted by atomic mass is 14.1. The predicted octanol–water partition coefficient (Wildman–Crippen LogP) is 6.86. The van der Waals surface area contributed by atoms with Crippen LogP contribution in [0, 0.1) is 12.8 Å². The summed E-state index contributed by atoms with van der Waals surface area (Å²) in [6.45, 7) is 6.61. The van der Waals surface area contributed by atoms with Gasteiger partial charge in [0.25, 0.3) is 0 Å². The van der Waals surface area contributed by atoms with Crippen LogP contribution in [0.5, 0.6) is 0 Å². The molecule has 0 heteroatoms. The molecule has 1 fully saturated rings. The minimum atomic E-state index is 1.04. The second-order valence-corrected chi connectivity index (χ2v) is 6.38. The van der Waals surface area contributed by atoms with Crippen LogP contribution in [-0.2, 0) is 0 Å². The molecule has 116 valence electrons. The van der Waals surface area contributed by atoms with Gasteiger partial charge in [-0.25, -0.2) is 0 Å². The predicted molar refractivity (Wildman–Crippen MR) is 95.6 cm³/mol. The molecule has 1 aromatic rings. The van der Waals surface area contributed by atoms with E-state index in [0.717, 1.165) is 5.92 Å². The summed E-state index contributed by atoms with van der Waals surface area (Å²) in [5.41, 5.74) is 2.82. The second kappa shape index (κ2) is 11.4. The van der Waals surface area contributed by atoms with E-state index in [1.54, 1.807) is 0 Å². The topological polar surface area (TPSA) is 0 Å². The molecule has 1 aromatic carbocycles. The van der Waals surface area contributed by atoms with E-state index in [-0.39, 0.29) is 0 Å². The van der Waals surface area contributed by atoms with Crippen molar-refractivity contribution in [3.05, 3.63) is 59.7 Å².